The molecule has 1 aromatic carbocycles. The predicted molar refractivity (Wildman–Crippen MR) is 82.7 cm³/mol. The van der Waals surface area contributed by atoms with E-state index in [2.05, 4.69) is 66.3 Å². The van der Waals surface area contributed by atoms with Crippen molar-refractivity contribution in [1.29, 1.82) is 0 Å². The first-order chi connectivity index (χ1) is 9.08. The summed E-state index contributed by atoms with van der Waals surface area (Å²) in [6.07, 6.45) is 1.20. The zero-order valence-electron chi connectivity index (χ0n) is 12.5. The van der Waals surface area contributed by atoms with Crippen LogP contribution < -0.4 is 5.32 Å². The van der Waals surface area contributed by atoms with E-state index in [1.165, 1.54) is 38.3 Å². The largest absolute Gasteiger partial charge is 0.385 e. The van der Waals surface area contributed by atoms with Gasteiger partial charge >= 0.3 is 0 Å². The Morgan fingerprint density at radius 2 is 1.89 bits per heavy atom. The molecule has 0 unspecified atom stereocenters. The highest BCUT2D eigenvalue weighted by Crippen LogP contribution is 2.18. The monoisotopic (exact) mass is 261 g/mol. The maximum Gasteiger partial charge on any atom is 0.0340 e. The molecule has 0 aliphatic carbocycles. The molecule has 0 aromatic heterocycles. The minimum Gasteiger partial charge on any atom is -0.385 e. The topological polar surface area (TPSA) is 18.5 Å². The van der Waals surface area contributed by atoms with Gasteiger partial charge in [-0.15, -0.1) is 0 Å². The van der Waals surface area contributed by atoms with Gasteiger partial charge in [0.15, 0.2) is 0 Å². The fourth-order valence-corrected chi connectivity index (χ4v) is 2.62. The Labute approximate surface area is 117 Å². The molecule has 3 heteroatoms. The maximum absolute atomic E-state index is 3.48. The van der Waals surface area contributed by atoms with Gasteiger partial charge in [0.2, 0.25) is 0 Å². The van der Waals surface area contributed by atoms with Crippen LogP contribution in [0.1, 0.15) is 20.3 Å². The summed E-state index contributed by atoms with van der Waals surface area (Å²) in [6, 6.07) is 10.5. The molecule has 2 rings (SSSR count). The van der Waals surface area contributed by atoms with Crippen molar-refractivity contribution in [2.45, 2.75) is 25.8 Å². The van der Waals surface area contributed by atoms with Gasteiger partial charge in [0.1, 0.15) is 0 Å². The van der Waals surface area contributed by atoms with Gasteiger partial charge in [0, 0.05) is 37.4 Å². The molecule has 0 radical (unpaired) electrons. The fourth-order valence-electron chi connectivity index (χ4n) is 2.62. The Balaban J connectivity index is 1.66. The lowest BCUT2D eigenvalue weighted by Crippen LogP contribution is -2.57. The second kappa shape index (κ2) is 6.40. The maximum atomic E-state index is 3.48. The summed E-state index contributed by atoms with van der Waals surface area (Å²) in [5, 5.41) is 3.48. The molecule has 19 heavy (non-hydrogen) atoms. The van der Waals surface area contributed by atoms with E-state index in [-0.39, 0.29) is 0 Å². The highest BCUT2D eigenvalue weighted by Gasteiger charge is 2.30. The number of nitrogens with zero attached hydrogens (tertiary/aromatic N) is 2. The van der Waals surface area contributed by atoms with Gasteiger partial charge in [-0.05, 0) is 46.0 Å². The Morgan fingerprint density at radius 3 is 2.58 bits per heavy atom. The molecule has 1 heterocycles. The SMILES string of the molecule is CN1CCN(CCCNc2ccccc2)CC1(C)C. The van der Waals surface area contributed by atoms with Gasteiger partial charge in [-0.1, -0.05) is 18.2 Å². The Morgan fingerprint density at radius 1 is 1.16 bits per heavy atom. The Bertz CT molecular complexity index is 375. The van der Waals surface area contributed by atoms with E-state index in [1.54, 1.807) is 0 Å². The quantitative estimate of drug-likeness (QED) is 0.822. The summed E-state index contributed by atoms with van der Waals surface area (Å²) in [7, 11) is 2.23. The summed E-state index contributed by atoms with van der Waals surface area (Å²) in [5.74, 6) is 0. The van der Waals surface area contributed by atoms with E-state index < -0.39 is 0 Å². The molecular weight excluding hydrogens is 234 g/mol. The molecule has 1 fully saturated rings. The van der Waals surface area contributed by atoms with Crippen LogP contribution in [0.2, 0.25) is 0 Å². The third-order valence-electron chi connectivity index (χ3n) is 4.15. The van der Waals surface area contributed by atoms with Gasteiger partial charge in [0.25, 0.3) is 0 Å². The molecule has 1 saturated heterocycles. The van der Waals surface area contributed by atoms with E-state index in [9.17, 15) is 0 Å². The van der Waals surface area contributed by atoms with Crippen LogP contribution in [0.4, 0.5) is 5.69 Å². The van der Waals surface area contributed by atoms with E-state index in [4.69, 9.17) is 0 Å². The molecule has 0 atom stereocenters. The minimum atomic E-state index is 0.311. The Kier molecular flexibility index (Phi) is 4.83. The molecule has 0 spiro atoms. The van der Waals surface area contributed by atoms with Crippen LogP contribution in [0.15, 0.2) is 30.3 Å². The normalized spacial score (nSPS) is 20.4. The number of para-hydroxylation sites is 1. The van der Waals surface area contributed by atoms with Gasteiger partial charge in [-0.25, -0.2) is 0 Å². The molecule has 0 amide bonds. The van der Waals surface area contributed by atoms with Crippen LogP contribution in [0.5, 0.6) is 0 Å². The number of likely N-dealkylation sites (N-methyl/N-ethyl adjacent to an activating group) is 1. The van der Waals surface area contributed by atoms with Crippen molar-refractivity contribution in [2.75, 3.05) is 45.1 Å². The van der Waals surface area contributed by atoms with E-state index in [1.807, 2.05) is 0 Å². The van der Waals surface area contributed by atoms with Gasteiger partial charge in [-0.2, -0.15) is 0 Å². The van der Waals surface area contributed by atoms with Gasteiger partial charge in [0.05, 0.1) is 0 Å². The lowest BCUT2D eigenvalue weighted by atomic mass is 10.00. The molecule has 106 valence electrons. The number of nitrogens with one attached hydrogen (secondary N) is 1. The lowest BCUT2D eigenvalue weighted by Gasteiger charge is -2.45. The predicted octanol–water partition coefficient (Wildman–Crippen LogP) is 2.51. The first kappa shape index (κ1) is 14.4. The number of hydrogen-bond acceptors (Lipinski definition) is 3. The summed E-state index contributed by atoms with van der Waals surface area (Å²) in [6.45, 7) is 10.5. The summed E-state index contributed by atoms with van der Waals surface area (Å²) >= 11 is 0. The third-order valence-corrected chi connectivity index (χ3v) is 4.15. The van der Waals surface area contributed by atoms with Crippen LogP contribution in [-0.4, -0.2) is 55.1 Å². The molecule has 3 nitrogen and oxygen atoms in total. The molecule has 0 saturated carbocycles. The van der Waals surface area contributed by atoms with Crippen molar-refractivity contribution in [3.8, 4) is 0 Å². The number of piperazine rings is 1. The van der Waals surface area contributed by atoms with Crippen molar-refractivity contribution in [3.05, 3.63) is 30.3 Å². The van der Waals surface area contributed by atoms with Crippen molar-refractivity contribution in [1.82, 2.24) is 9.80 Å². The number of benzene rings is 1. The zero-order chi connectivity index (χ0) is 13.7. The highest BCUT2D eigenvalue weighted by atomic mass is 15.3. The minimum absolute atomic E-state index is 0.311. The van der Waals surface area contributed by atoms with Crippen molar-refractivity contribution < 1.29 is 0 Å². The molecule has 1 aromatic rings. The summed E-state index contributed by atoms with van der Waals surface area (Å²) < 4.78 is 0. The van der Waals surface area contributed by atoms with Crippen molar-refractivity contribution >= 4 is 5.69 Å². The number of anilines is 1. The van der Waals surface area contributed by atoms with Crippen LogP contribution in [0.25, 0.3) is 0 Å². The Hall–Kier alpha value is -1.06. The standard InChI is InChI=1S/C16H27N3/c1-16(2)14-19(13-12-18(16)3)11-7-10-17-15-8-5-4-6-9-15/h4-6,8-9,17H,7,10-14H2,1-3H3. The van der Waals surface area contributed by atoms with Crippen molar-refractivity contribution in [2.24, 2.45) is 0 Å². The third kappa shape index (κ3) is 4.22. The fraction of sp³-hybridized carbons (Fsp3) is 0.625. The van der Waals surface area contributed by atoms with E-state index in [0.717, 1.165) is 6.54 Å². The van der Waals surface area contributed by atoms with Crippen LogP contribution in [0.3, 0.4) is 0 Å². The second-order valence-electron chi connectivity index (χ2n) is 6.16. The molecular formula is C16H27N3. The smallest absolute Gasteiger partial charge is 0.0340 e. The number of hydrogen-bond donors (Lipinski definition) is 1. The highest BCUT2D eigenvalue weighted by molar-refractivity contribution is 5.42. The van der Waals surface area contributed by atoms with Crippen LogP contribution >= 0.6 is 0 Å². The second-order valence-corrected chi connectivity index (χ2v) is 6.16. The van der Waals surface area contributed by atoms with Gasteiger partial charge in [-0.3, -0.25) is 4.90 Å². The first-order valence-electron chi connectivity index (χ1n) is 7.30. The van der Waals surface area contributed by atoms with Crippen molar-refractivity contribution in [3.63, 3.8) is 0 Å². The average Bonchev–Trinajstić information content (AvgIpc) is 2.40. The van der Waals surface area contributed by atoms with E-state index in [0.29, 0.717) is 5.54 Å². The molecule has 1 N–H and O–H groups in total. The molecule has 0 bridgehead atoms. The van der Waals surface area contributed by atoms with E-state index >= 15 is 0 Å². The average molecular weight is 261 g/mol. The first-order valence-corrected chi connectivity index (χ1v) is 7.30. The zero-order valence-corrected chi connectivity index (χ0v) is 12.5. The van der Waals surface area contributed by atoms with Gasteiger partial charge < -0.3 is 10.2 Å². The lowest BCUT2D eigenvalue weighted by molar-refractivity contribution is 0.0400. The summed E-state index contributed by atoms with van der Waals surface area (Å²) in [5.41, 5.74) is 1.53. The van der Waals surface area contributed by atoms with Crippen LogP contribution in [0, 0.1) is 0 Å². The molecule has 1 aliphatic rings. The number of rotatable bonds is 5. The molecule has 1 aliphatic heterocycles. The van der Waals surface area contributed by atoms with Crippen LogP contribution in [-0.2, 0) is 0 Å². The summed E-state index contributed by atoms with van der Waals surface area (Å²) in [4.78, 5) is 5.05.